The zero-order chi connectivity index (χ0) is 15.7. The average Bonchev–Trinajstić information content (AvgIpc) is 3.06. The van der Waals surface area contributed by atoms with Gasteiger partial charge in [0.2, 0.25) is 0 Å². The molecule has 0 aromatic carbocycles. The van der Waals surface area contributed by atoms with E-state index in [1.807, 2.05) is 20.0 Å². The SMILES string of the molecule is CCCc1cc(C(=O)Nc2cnc3c(c2)c(C)nn3C)n[nH]1. The Hall–Kier alpha value is -2.70. The monoisotopic (exact) mass is 298 g/mol. The topological polar surface area (TPSA) is 88.5 Å². The summed E-state index contributed by atoms with van der Waals surface area (Å²) >= 11 is 0. The summed E-state index contributed by atoms with van der Waals surface area (Å²) < 4.78 is 1.72. The minimum absolute atomic E-state index is 0.249. The first-order valence-corrected chi connectivity index (χ1v) is 7.23. The molecule has 114 valence electrons. The standard InChI is InChI=1S/C15H18N6O/c1-4-5-10-7-13(19-18-10)15(22)17-11-6-12-9(2)20-21(3)14(12)16-8-11/h6-8H,4-5H2,1-3H3,(H,17,22)(H,18,19). The van der Waals surface area contributed by atoms with Crippen LogP contribution < -0.4 is 5.32 Å². The van der Waals surface area contributed by atoms with Gasteiger partial charge in [-0.15, -0.1) is 0 Å². The van der Waals surface area contributed by atoms with Crippen LogP contribution >= 0.6 is 0 Å². The number of hydrogen-bond acceptors (Lipinski definition) is 4. The van der Waals surface area contributed by atoms with Gasteiger partial charge in [-0.25, -0.2) is 4.98 Å². The van der Waals surface area contributed by atoms with Crippen molar-refractivity contribution in [2.75, 3.05) is 5.32 Å². The Balaban J connectivity index is 1.82. The van der Waals surface area contributed by atoms with Crippen LogP contribution in [0.4, 0.5) is 5.69 Å². The molecule has 0 saturated carbocycles. The van der Waals surface area contributed by atoms with Gasteiger partial charge in [0.1, 0.15) is 0 Å². The summed E-state index contributed by atoms with van der Waals surface area (Å²) in [5, 5.41) is 15.0. The lowest BCUT2D eigenvalue weighted by molar-refractivity contribution is 0.102. The Morgan fingerprint density at radius 2 is 2.23 bits per heavy atom. The Morgan fingerprint density at radius 1 is 1.41 bits per heavy atom. The zero-order valence-corrected chi connectivity index (χ0v) is 12.8. The molecule has 0 aliphatic heterocycles. The molecule has 22 heavy (non-hydrogen) atoms. The molecule has 7 nitrogen and oxygen atoms in total. The van der Waals surface area contributed by atoms with E-state index in [2.05, 4.69) is 32.5 Å². The minimum atomic E-state index is -0.249. The first kappa shape index (κ1) is 14.2. The van der Waals surface area contributed by atoms with E-state index in [1.54, 1.807) is 16.9 Å². The quantitative estimate of drug-likeness (QED) is 0.773. The fraction of sp³-hybridized carbons (Fsp3) is 0.333. The van der Waals surface area contributed by atoms with E-state index in [-0.39, 0.29) is 5.91 Å². The lowest BCUT2D eigenvalue weighted by Crippen LogP contribution is -2.12. The van der Waals surface area contributed by atoms with Crippen molar-refractivity contribution >= 4 is 22.6 Å². The van der Waals surface area contributed by atoms with Gasteiger partial charge in [0.25, 0.3) is 5.91 Å². The summed E-state index contributed by atoms with van der Waals surface area (Å²) in [5.74, 6) is -0.249. The summed E-state index contributed by atoms with van der Waals surface area (Å²) in [4.78, 5) is 16.6. The highest BCUT2D eigenvalue weighted by Crippen LogP contribution is 2.19. The molecule has 0 bridgehead atoms. The van der Waals surface area contributed by atoms with Gasteiger partial charge in [0, 0.05) is 18.1 Å². The molecule has 0 aliphatic carbocycles. The number of carbonyl (C=O) groups is 1. The molecule has 2 N–H and O–H groups in total. The Labute approximate surface area is 127 Å². The molecule has 0 aliphatic rings. The number of carbonyl (C=O) groups excluding carboxylic acids is 1. The number of hydrogen-bond donors (Lipinski definition) is 2. The third-order valence-electron chi connectivity index (χ3n) is 3.50. The average molecular weight is 298 g/mol. The van der Waals surface area contributed by atoms with E-state index in [9.17, 15) is 4.79 Å². The predicted molar refractivity (Wildman–Crippen MR) is 83.8 cm³/mol. The molecule has 0 radical (unpaired) electrons. The molecule has 0 saturated heterocycles. The zero-order valence-electron chi connectivity index (χ0n) is 12.8. The van der Waals surface area contributed by atoms with Crippen molar-refractivity contribution in [3.8, 4) is 0 Å². The van der Waals surface area contributed by atoms with E-state index in [4.69, 9.17) is 0 Å². The van der Waals surface area contributed by atoms with Crippen LogP contribution in [0.1, 0.15) is 35.2 Å². The van der Waals surface area contributed by atoms with Gasteiger partial charge in [-0.1, -0.05) is 13.3 Å². The van der Waals surface area contributed by atoms with Crippen molar-refractivity contribution in [1.82, 2.24) is 25.0 Å². The maximum atomic E-state index is 12.2. The molecule has 7 heteroatoms. The number of anilines is 1. The van der Waals surface area contributed by atoms with Gasteiger partial charge in [-0.05, 0) is 25.5 Å². The highest BCUT2D eigenvalue weighted by Gasteiger charge is 2.12. The maximum absolute atomic E-state index is 12.2. The van der Waals surface area contributed by atoms with Crippen LogP contribution in [0.15, 0.2) is 18.3 Å². The van der Waals surface area contributed by atoms with Crippen molar-refractivity contribution in [2.24, 2.45) is 7.05 Å². The van der Waals surface area contributed by atoms with Gasteiger partial charge < -0.3 is 5.32 Å². The van der Waals surface area contributed by atoms with E-state index >= 15 is 0 Å². The summed E-state index contributed by atoms with van der Waals surface area (Å²) in [6.07, 6.45) is 3.51. The smallest absolute Gasteiger partial charge is 0.276 e. The first-order valence-electron chi connectivity index (χ1n) is 7.23. The molecule has 0 fully saturated rings. The van der Waals surface area contributed by atoms with Crippen molar-refractivity contribution in [1.29, 1.82) is 0 Å². The lowest BCUT2D eigenvalue weighted by atomic mass is 10.2. The normalized spacial score (nSPS) is 11.0. The third-order valence-corrected chi connectivity index (χ3v) is 3.50. The molecular weight excluding hydrogens is 280 g/mol. The number of H-pyrrole nitrogens is 1. The van der Waals surface area contributed by atoms with Gasteiger partial charge in [0.05, 0.1) is 17.6 Å². The van der Waals surface area contributed by atoms with Crippen LogP contribution in [0.2, 0.25) is 0 Å². The summed E-state index contributed by atoms with van der Waals surface area (Å²) in [7, 11) is 1.85. The minimum Gasteiger partial charge on any atom is -0.319 e. The van der Waals surface area contributed by atoms with Gasteiger partial charge in [0.15, 0.2) is 11.3 Å². The lowest BCUT2D eigenvalue weighted by Gasteiger charge is -2.03. The van der Waals surface area contributed by atoms with Gasteiger partial charge >= 0.3 is 0 Å². The van der Waals surface area contributed by atoms with Gasteiger partial charge in [-0.2, -0.15) is 10.2 Å². The van der Waals surface area contributed by atoms with E-state index in [0.29, 0.717) is 11.4 Å². The van der Waals surface area contributed by atoms with Crippen LogP contribution in [-0.4, -0.2) is 30.9 Å². The highest BCUT2D eigenvalue weighted by atomic mass is 16.1. The maximum Gasteiger partial charge on any atom is 0.276 e. The number of nitrogens with zero attached hydrogens (tertiary/aromatic N) is 4. The first-order chi connectivity index (χ1) is 10.6. The number of amides is 1. The van der Waals surface area contributed by atoms with E-state index < -0.39 is 0 Å². The number of aryl methyl sites for hydroxylation is 3. The number of nitrogens with one attached hydrogen (secondary N) is 2. The van der Waals surface area contributed by atoms with Crippen molar-refractivity contribution in [3.63, 3.8) is 0 Å². The number of fused-ring (bicyclic) bond motifs is 1. The molecule has 0 spiro atoms. The molecule has 3 aromatic rings. The number of pyridine rings is 1. The van der Waals surface area contributed by atoms with Crippen LogP contribution in [0, 0.1) is 6.92 Å². The van der Waals surface area contributed by atoms with Gasteiger partial charge in [-0.3, -0.25) is 14.6 Å². The van der Waals surface area contributed by atoms with E-state index in [0.717, 1.165) is 35.3 Å². The molecule has 3 aromatic heterocycles. The number of aromatic nitrogens is 5. The second kappa shape index (κ2) is 5.59. The summed E-state index contributed by atoms with van der Waals surface area (Å²) in [6.45, 7) is 4.00. The highest BCUT2D eigenvalue weighted by molar-refractivity contribution is 6.03. The molecule has 1 amide bonds. The van der Waals surface area contributed by atoms with Crippen molar-refractivity contribution in [2.45, 2.75) is 26.7 Å². The number of rotatable bonds is 4. The fourth-order valence-corrected chi connectivity index (χ4v) is 2.45. The molecule has 0 unspecified atom stereocenters. The van der Waals surface area contributed by atoms with Crippen LogP contribution in [0.25, 0.3) is 11.0 Å². The molecule has 3 rings (SSSR count). The third kappa shape index (κ3) is 2.57. The molecule has 3 heterocycles. The second-order valence-corrected chi connectivity index (χ2v) is 5.29. The fourth-order valence-electron chi connectivity index (χ4n) is 2.45. The molecule has 0 atom stereocenters. The van der Waals surface area contributed by atoms with Crippen molar-refractivity contribution < 1.29 is 4.79 Å². The van der Waals surface area contributed by atoms with Crippen LogP contribution in [0.3, 0.4) is 0 Å². The Kier molecular flexibility index (Phi) is 3.62. The largest absolute Gasteiger partial charge is 0.319 e. The summed E-state index contributed by atoms with van der Waals surface area (Å²) in [5.41, 5.74) is 3.65. The predicted octanol–water partition coefficient (Wildman–Crippen LogP) is 2.20. The molecular formula is C15H18N6O. The second-order valence-electron chi connectivity index (χ2n) is 5.29. The van der Waals surface area contributed by atoms with E-state index in [1.165, 1.54) is 0 Å². The van der Waals surface area contributed by atoms with Crippen LogP contribution in [-0.2, 0) is 13.5 Å². The Bertz CT molecular complexity index is 832. The summed E-state index contributed by atoms with van der Waals surface area (Å²) in [6, 6.07) is 3.66. The Morgan fingerprint density at radius 3 is 3.00 bits per heavy atom. The van der Waals surface area contributed by atoms with Crippen LogP contribution in [0.5, 0.6) is 0 Å². The van der Waals surface area contributed by atoms with Crippen molar-refractivity contribution in [3.05, 3.63) is 35.4 Å². The number of aromatic amines is 1.